The largest absolute Gasteiger partial charge is 0.466 e. The minimum absolute atomic E-state index is 0.123. The highest BCUT2D eigenvalue weighted by Crippen LogP contribution is 2.30. The lowest BCUT2D eigenvalue weighted by atomic mass is 10.2. The summed E-state index contributed by atoms with van der Waals surface area (Å²) >= 11 is 5.15. The van der Waals surface area contributed by atoms with Crippen molar-refractivity contribution in [3.63, 3.8) is 0 Å². The van der Waals surface area contributed by atoms with Crippen molar-refractivity contribution in [1.82, 2.24) is 0 Å². The standard InChI is InChI=1S/C13H17BrO2S/c1-4-16-13(15)8-10(3)17-12-6-5-11(14)7-9(12)2/h5-7,10H,4,8H2,1-3H3. The molecule has 17 heavy (non-hydrogen) atoms. The number of benzene rings is 1. The third kappa shape index (κ3) is 5.13. The highest BCUT2D eigenvalue weighted by molar-refractivity contribution is 9.10. The first-order valence-electron chi connectivity index (χ1n) is 5.61. The first kappa shape index (κ1) is 14.6. The topological polar surface area (TPSA) is 26.3 Å². The molecular formula is C13H17BrO2S. The maximum atomic E-state index is 11.3. The van der Waals surface area contributed by atoms with Gasteiger partial charge in [-0.05, 0) is 37.6 Å². The van der Waals surface area contributed by atoms with Crippen molar-refractivity contribution in [2.45, 2.75) is 37.3 Å². The van der Waals surface area contributed by atoms with Crippen LogP contribution in [0.15, 0.2) is 27.6 Å². The van der Waals surface area contributed by atoms with Crippen molar-refractivity contribution in [3.8, 4) is 0 Å². The van der Waals surface area contributed by atoms with Crippen LogP contribution in [-0.4, -0.2) is 17.8 Å². The molecule has 0 spiro atoms. The number of ether oxygens (including phenoxy) is 1. The molecule has 0 aliphatic heterocycles. The molecule has 1 aromatic carbocycles. The van der Waals surface area contributed by atoms with Crippen LogP contribution in [0.3, 0.4) is 0 Å². The normalized spacial score (nSPS) is 12.2. The SMILES string of the molecule is CCOC(=O)CC(C)Sc1ccc(Br)cc1C. The van der Waals surface area contributed by atoms with Gasteiger partial charge in [0.15, 0.2) is 0 Å². The Morgan fingerprint density at radius 2 is 2.24 bits per heavy atom. The molecule has 0 aliphatic rings. The van der Waals surface area contributed by atoms with Gasteiger partial charge >= 0.3 is 5.97 Å². The monoisotopic (exact) mass is 316 g/mol. The number of esters is 1. The van der Waals surface area contributed by atoms with Gasteiger partial charge in [0, 0.05) is 14.6 Å². The molecule has 0 fully saturated rings. The summed E-state index contributed by atoms with van der Waals surface area (Å²) in [6.07, 6.45) is 0.452. The van der Waals surface area contributed by atoms with Crippen LogP contribution in [0.4, 0.5) is 0 Å². The summed E-state index contributed by atoms with van der Waals surface area (Å²) in [5.41, 5.74) is 1.22. The van der Waals surface area contributed by atoms with E-state index in [1.807, 2.05) is 19.9 Å². The predicted molar refractivity (Wildman–Crippen MR) is 75.4 cm³/mol. The summed E-state index contributed by atoms with van der Waals surface area (Å²) in [5, 5.41) is 0.230. The van der Waals surface area contributed by atoms with Gasteiger partial charge in [-0.15, -0.1) is 11.8 Å². The van der Waals surface area contributed by atoms with E-state index < -0.39 is 0 Å². The fourth-order valence-corrected chi connectivity index (χ4v) is 2.98. The number of aryl methyl sites for hydroxylation is 1. The lowest BCUT2D eigenvalue weighted by Crippen LogP contribution is -2.10. The zero-order valence-corrected chi connectivity index (χ0v) is 12.7. The summed E-state index contributed by atoms with van der Waals surface area (Å²) in [7, 11) is 0. The molecular weight excluding hydrogens is 300 g/mol. The number of carbonyl (C=O) groups excluding carboxylic acids is 1. The molecule has 0 saturated heterocycles. The Hall–Kier alpha value is -0.480. The first-order valence-corrected chi connectivity index (χ1v) is 7.28. The van der Waals surface area contributed by atoms with Gasteiger partial charge in [-0.1, -0.05) is 22.9 Å². The Labute approximate surface area is 115 Å². The molecule has 0 saturated carbocycles. The summed E-state index contributed by atoms with van der Waals surface area (Å²) in [5.74, 6) is -0.123. The van der Waals surface area contributed by atoms with Gasteiger partial charge in [0.1, 0.15) is 0 Å². The molecule has 0 N–H and O–H groups in total. The molecule has 1 rings (SSSR count). The fourth-order valence-electron chi connectivity index (χ4n) is 1.46. The molecule has 1 unspecified atom stereocenters. The number of halogens is 1. The fraction of sp³-hybridized carbons (Fsp3) is 0.462. The van der Waals surface area contributed by atoms with Crippen LogP contribution in [0.1, 0.15) is 25.8 Å². The van der Waals surface area contributed by atoms with Crippen LogP contribution in [0.25, 0.3) is 0 Å². The van der Waals surface area contributed by atoms with Gasteiger partial charge in [0.05, 0.1) is 13.0 Å². The van der Waals surface area contributed by atoms with Crippen molar-refractivity contribution in [1.29, 1.82) is 0 Å². The maximum Gasteiger partial charge on any atom is 0.306 e. The van der Waals surface area contributed by atoms with Crippen LogP contribution in [0.2, 0.25) is 0 Å². The molecule has 94 valence electrons. The lowest BCUT2D eigenvalue weighted by Gasteiger charge is -2.12. The first-order chi connectivity index (χ1) is 8.02. The molecule has 0 radical (unpaired) electrons. The van der Waals surface area contributed by atoms with Crippen molar-refractivity contribution < 1.29 is 9.53 Å². The molecule has 2 nitrogen and oxygen atoms in total. The molecule has 1 aromatic rings. The summed E-state index contributed by atoms with van der Waals surface area (Å²) in [6.45, 7) is 6.40. The van der Waals surface area contributed by atoms with Crippen molar-refractivity contribution in [3.05, 3.63) is 28.2 Å². The van der Waals surface area contributed by atoms with Gasteiger partial charge in [0.25, 0.3) is 0 Å². The average molecular weight is 317 g/mol. The molecule has 0 bridgehead atoms. The van der Waals surface area contributed by atoms with E-state index >= 15 is 0 Å². The zero-order valence-electron chi connectivity index (χ0n) is 10.3. The number of carbonyl (C=O) groups is 1. The second-order valence-corrected chi connectivity index (χ2v) is 6.24. The second-order valence-electron chi connectivity index (χ2n) is 3.85. The smallest absolute Gasteiger partial charge is 0.306 e. The van der Waals surface area contributed by atoms with E-state index in [2.05, 4.69) is 35.0 Å². The lowest BCUT2D eigenvalue weighted by molar-refractivity contribution is -0.142. The number of hydrogen-bond acceptors (Lipinski definition) is 3. The number of thioether (sulfide) groups is 1. The van der Waals surface area contributed by atoms with Crippen LogP contribution >= 0.6 is 27.7 Å². The molecule has 0 aliphatic carbocycles. The molecule has 1 atom stereocenters. The molecule has 0 heterocycles. The second kappa shape index (κ2) is 7.07. The minimum Gasteiger partial charge on any atom is -0.466 e. The van der Waals surface area contributed by atoms with E-state index in [1.165, 1.54) is 10.5 Å². The van der Waals surface area contributed by atoms with Gasteiger partial charge in [-0.25, -0.2) is 0 Å². The third-order valence-corrected chi connectivity index (χ3v) is 4.00. The molecule has 0 amide bonds. The Bertz CT molecular complexity index is 393. The van der Waals surface area contributed by atoms with E-state index in [-0.39, 0.29) is 11.2 Å². The molecule has 0 aromatic heterocycles. The average Bonchev–Trinajstić information content (AvgIpc) is 2.22. The number of rotatable bonds is 5. The van der Waals surface area contributed by atoms with E-state index in [4.69, 9.17) is 4.74 Å². The summed E-state index contributed by atoms with van der Waals surface area (Å²) in [4.78, 5) is 12.6. The van der Waals surface area contributed by atoms with E-state index in [0.29, 0.717) is 13.0 Å². The van der Waals surface area contributed by atoms with Gasteiger partial charge < -0.3 is 4.74 Å². The Balaban J connectivity index is 2.55. The zero-order chi connectivity index (χ0) is 12.8. The van der Waals surface area contributed by atoms with Gasteiger partial charge in [-0.3, -0.25) is 4.79 Å². The third-order valence-electron chi connectivity index (χ3n) is 2.22. The highest BCUT2D eigenvalue weighted by atomic mass is 79.9. The summed E-state index contributed by atoms with van der Waals surface area (Å²) < 4.78 is 6.02. The van der Waals surface area contributed by atoms with Crippen LogP contribution in [0, 0.1) is 6.92 Å². The van der Waals surface area contributed by atoms with Crippen LogP contribution in [-0.2, 0) is 9.53 Å². The Morgan fingerprint density at radius 3 is 2.82 bits per heavy atom. The van der Waals surface area contributed by atoms with E-state index in [1.54, 1.807) is 11.8 Å². The van der Waals surface area contributed by atoms with Crippen molar-refractivity contribution in [2.24, 2.45) is 0 Å². The van der Waals surface area contributed by atoms with Crippen molar-refractivity contribution in [2.75, 3.05) is 6.61 Å². The highest BCUT2D eigenvalue weighted by Gasteiger charge is 2.12. The van der Waals surface area contributed by atoms with E-state index in [9.17, 15) is 4.79 Å². The minimum atomic E-state index is -0.123. The van der Waals surface area contributed by atoms with Gasteiger partial charge in [0.2, 0.25) is 0 Å². The number of hydrogen-bond donors (Lipinski definition) is 0. The summed E-state index contributed by atoms with van der Waals surface area (Å²) in [6, 6.07) is 6.18. The van der Waals surface area contributed by atoms with Gasteiger partial charge in [-0.2, -0.15) is 0 Å². The Morgan fingerprint density at radius 1 is 1.53 bits per heavy atom. The van der Waals surface area contributed by atoms with Crippen LogP contribution in [0.5, 0.6) is 0 Å². The Kier molecular flexibility index (Phi) is 6.06. The predicted octanol–water partition coefficient (Wildman–Crippen LogP) is 4.19. The maximum absolute atomic E-state index is 11.3. The van der Waals surface area contributed by atoms with Crippen molar-refractivity contribution >= 4 is 33.7 Å². The quantitative estimate of drug-likeness (QED) is 0.602. The van der Waals surface area contributed by atoms with E-state index in [0.717, 1.165) is 4.47 Å². The molecule has 4 heteroatoms. The van der Waals surface area contributed by atoms with Crippen LogP contribution < -0.4 is 0 Å².